The summed E-state index contributed by atoms with van der Waals surface area (Å²) in [6.45, 7) is 1.99. The first-order chi connectivity index (χ1) is 13.0. The molecule has 27 heavy (non-hydrogen) atoms. The van der Waals surface area contributed by atoms with Crippen LogP contribution in [0.2, 0.25) is 0 Å². The normalized spacial score (nSPS) is 14.7. The molecule has 3 heterocycles. The first-order valence-electron chi connectivity index (χ1n) is 8.26. The first kappa shape index (κ1) is 17.6. The minimum absolute atomic E-state index is 0.166. The second kappa shape index (κ2) is 6.75. The smallest absolute Gasteiger partial charge is 0.345 e. The van der Waals surface area contributed by atoms with E-state index in [0.717, 1.165) is 11.3 Å². The maximum atomic E-state index is 12.8. The lowest BCUT2D eigenvalue weighted by atomic mass is 10.1. The molecule has 0 aliphatic carbocycles. The molecule has 1 N–H and O–H groups in total. The standard InChI is InChI=1S/C18H17NO7S/c1-23-13-10-8-12(18(21)22)27-16(10)15(24-2)9-7-11(26-14(9)13)17(20)19-3-5-25-6-4-19/h7-8H,3-6H2,1-2H3,(H,21,22). The number of hydrogen-bond acceptors (Lipinski definition) is 7. The number of furan rings is 1. The number of aromatic carboxylic acids is 1. The molecule has 2 aromatic heterocycles. The second-order valence-electron chi connectivity index (χ2n) is 5.98. The van der Waals surface area contributed by atoms with Gasteiger partial charge in [0.1, 0.15) is 10.6 Å². The number of amides is 1. The Kier molecular flexibility index (Phi) is 4.40. The average Bonchev–Trinajstić information content (AvgIpc) is 3.31. The van der Waals surface area contributed by atoms with Crippen LogP contribution in [0, 0.1) is 0 Å². The molecular formula is C18H17NO7S. The number of benzene rings is 1. The maximum Gasteiger partial charge on any atom is 0.345 e. The second-order valence-corrected chi connectivity index (χ2v) is 7.04. The topological polar surface area (TPSA) is 98.4 Å². The lowest BCUT2D eigenvalue weighted by molar-refractivity contribution is 0.0284. The van der Waals surface area contributed by atoms with Crippen LogP contribution < -0.4 is 9.47 Å². The van der Waals surface area contributed by atoms with E-state index in [1.807, 2.05) is 0 Å². The van der Waals surface area contributed by atoms with Gasteiger partial charge < -0.3 is 28.6 Å². The number of rotatable bonds is 4. The zero-order valence-electron chi connectivity index (χ0n) is 14.7. The van der Waals surface area contributed by atoms with Gasteiger partial charge in [-0.05, 0) is 6.07 Å². The Morgan fingerprint density at radius 1 is 1.11 bits per heavy atom. The highest BCUT2D eigenvalue weighted by atomic mass is 32.1. The van der Waals surface area contributed by atoms with Crippen LogP contribution in [-0.4, -0.2) is 62.4 Å². The molecule has 9 heteroatoms. The molecule has 0 unspecified atom stereocenters. The molecule has 1 aliphatic rings. The van der Waals surface area contributed by atoms with Crippen LogP contribution in [0.5, 0.6) is 11.5 Å². The van der Waals surface area contributed by atoms with E-state index < -0.39 is 5.97 Å². The van der Waals surface area contributed by atoms with Gasteiger partial charge in [-0.25, -0.2) is 4.79 Å². The van der Waals surface area contributed by atoms with Crippen LogP contribution >= 0.6 is 11.3 Å². The van der Waals surface area contributed by atoms with Crippen molar-refractivity contribution in [3.8, 4) is 11.5 Å². The Morgan fingerprint density at radius 3 is 2.44 bits per heavy atom. The Morgan fingerprint density at radius 2 is 1.81 bits per heavy atom. The molecular weight excluding hydrogens is 374 g/mol. The van der Waals surface area contributed by atoms with Gasteiger partial charge in [0.2, 0.25) is 0 Å². The number of carbonyl (C=O) groups is 2. The zero-order chi connectivity index (χ0) is 19.1. The lowest BCUT2D eigenvalue weighted by Gasteiger charge is -2.25. The van der Waals surface area contributed by atoms with E-state index in [2.05, 4.69) is 0 Å². The molecule has 142 valence electrons. The number of methoxy groups -OCH3 is 2. The fraction of sp³-hybridized carbons (Fsp3) is 0.333. The van der Waals surface area contributed by atoms with Crippen molar-refractivity contribution in [3.63, 3.8) is 0 Å². The molecule has 0 atom stereocenters. The summed E-state index contributed by atoms with van der Waals surface area (Å²) in [4.78, 5) is 26.0. The molecule has 1 fully saturated rings. The summed E-state index contributed by atoms with van der Waals surface area (Å²) in [6, 6.07) is 3.14. The van der Waals surface area contributed by atoms with Crippen molar-refractivity contribution in [3.05, 3.63) is 22.8 Å². The van der Waals surface area contributed by atoms with E-state index in [1.54, 1.807) is 11.0 Å². The molecule has 3 aromatic rings. The predicted molar refractivity (Wildman–Crippen MR) is 98.4 cm³/mol. The van der Waals surface area contributed by atoms with Gasteiger partial charge in [-0.1, -0.05) is 0 Å². The maximum absolute atomic E-state index is 12.8. The summed E-state index contributed by atoms with van der Waals surface area (Å²) in [5.74, 6) is -0.235. The fourth-order valence-corrected chi connectivity index (χ4v) is 4.27. The molecule has 1 aliphatic heterocycles. The number of ether oxygens (including phenoxy) is 3. The molecule has 1 saturated heterocycles. The third kappa shape index (κ3) is 2.79. The highest BCUT2D eigenvalue weighted by Crippen LogP contribution is 2.47. The van der Waals surface area contributed by atoms with Crippen LogP contribution in [0.4, 0.5) is 0 Å². The molecule has 8 nitrogen and oxygen atoms in total. The predicted octanol–water partition coefficient (Wildman–Crippen LogP) is 2.84. The summed E-state index contributed by atoms with van der Waals surface area (Å²) in [7, 11) is 2.97. The molecule has 0 saturated carbocycles. The van der Waals surface area contributed by atoms with Crippen LogP contribution in [-0.2, 0) is 4.74 Å². The van der Waals surface area contributed by atoms with E-state index in [1.165, 1.54) is 20.3 Å². The third-order valence-corrected chi connectivity index (χ3v) is 5.62. The van der Waals surface area contributed by atoms with Gasteiger partial charge in [0.25, 0.3) is 5.91 Å². The largest absolute Gasteiger partial charge is 0.494 e. The molecule has 1 aromatic carbocycles. The Bertz CT molecular complexity index is 986. The van der Waals surface area contributed by atoms with Crippen molar-refractivity contribution < 1.29 is 33.3 Å². The number of hydrogen-bond donors (Lipinski definition) is 1. The molecule has 0 radical (unpaired) electrons. The van der Waals surface area contributed by atoms with Gasteiger partial charge in [0.05, 0.1) is 37.5 Å². The van der Waals surface area contributed by atoms with E-state index in [4.69, 9.17) is 18.6 Å². The summed E-state index contributed by atoms with van der Waals surface area (Å²) < 4.78 is 22.8. The van der Waals surface area contributed by atoms with E-state index in [9.17, 15) is 14.7 Å². The van der Waals surface area contributed by atoms with Crippen LogP contribution in [0.3, 0.4) is 0 Å². The van der Waals surface area contributed by atoms with Crippen LogP contribution in [0.25, 0.3) is 21.1 Å². The Balaban J connectivity index is 1.91. The lowest BCUT2D eigenvalue weighted by Crippen LogP contribution is -2.40. The van der Waals surface area contributed by atoms with Crippen LogP contribution in [0.15, 0.2) is 16.5 Å². The molecule has 4 rings (SSSR count). The van der Waals surface area contributed by atoms with Gasteiger partial charge in [-0.3, -0.25) is 4.79 Å². The number of carbonyl (C=O) groups excluding carboxylic acids is 1. The summed E-state index contributed by atoms with van der Waals surface area (Å²) >= 11 is 1.09. The van der Waals surface area contributed by atoms with Gasteiger partial charge in [0.15, 0.2) is 17.1 Å². The van der Waals surface area contributed by atoms with E-state index >= 15 is 0 Å². The Labute approximate surface area is 157 Å². The van der Waals surface area contributed by atoms with Crippen molar-refractivity contribution in [2.75, 3.05) is 40.5 Å². The fourth-order valence-electron chi connectivity index (χ4n) is 3.24. The van der Waals surface area contributed by atoms with Gasteiger partial charge in [0, 0.05) is 24.5 Å². The monoisotopic (exact) mass is 391 g/mol. The molecule has 0 bridgehead atoms. The highest BCUT2D eigenvalue weighted by molar-refractivity contribution is 7.21. The number of carboxylic acid groups (broad SMARTS) is 1. The van der Waals surface area contributed by atoms with E-state index in [-0.39, 0.29) is 16.5 Å². The number of nitrogens with zero attached hydrogens (tertiary/aromatic N) is 1. The highest BCUT2D eigenvalue weighted by Gasteiger charge is 2.27. The molecule has 0 spiro atoms. The summed E-state index contributed by atoms with van der Waals surface area (Å²) in [5, 5.41) is 10.4. The quantitative estimate of drug-likeness (QED) is 0.730. The average molecular weight is 391 g/mol. The van der Waals surface area contributed by atoms with Crippen molar-refractivity contribution in [2.45, 2.75) is 0 Å². The van der Waals surface area contributed by atoms with Crippen molar-refractivity contribution in [1.82, 2.24) is 4.90 Å². The van der Waals surface area contributed by atoms with Gasteiger partial charge in [-0.2, -0.15) is 0 Å². The van der Waals surface area contributed by atoms with Crippen molar-refractivity contribution in [1.29, 1.82) is 0 Å². The van der Waals surface area contributed by atoms with Crippen molar-refractivity contribution in [2.24, 2.45) is 0 Å². The van der Waals surface area contributed by atoms with Crippen molar-refractivity contribution >= 4 is 44.3 Å². The van der Waals surface area contributed by atoms with E-state index in [0.29, 0.717) is 58.9 Å². The Hall–Kier alpha value is -2.78. The minimum Gasteiger partial charge on any atom is -0.494 e. The first-order valence-corrected chi connectivity index (χ1v) is 9.08. The van der Waals surface area contributed by atoms with Gasteiger partial charge in [-0.15, -0.1) is 11.3 Å². The summed E-state index contributed by atoms with van der Waals surface area (Å²) in [5.41, 5.74) is 0.355. The third-order valence-electron chi connectivity index (χ3n) is 4.49. The zero-order valence-corrected chi connectivity index (χ0v) is 15.6. The molecule has 1 amide bonds. The number of morpholine rings is 1. The number of thiophene rings is 1. The van der Waals surface area contributed by atoms with Crippen LogP contribution in [0.1, 0.15) is 20.2 Å². The SMILES string of the molecule is COc1c2cc(C(=O)O)sc2c(OC)c2cc(C(=O)N3CCOCC3)oc12. The minimum atomic E-state index is -1.03. The summed E-state index contributed by atoms with van der Waals surface area (Å²) in [6.07, 6.45) is 0. The van der Waals surface area contributed by atoms with Gasteiger partial charge >= 0.3 is 5.97 Å². The number of carboxylic acids is 1. The number of fused-ring (bicyclic) bond motifs is 2.